The third-order valence-corrected chi connectivity index (χ3v) is 3.22. The van der Waals surface area contributed by atoms with Crippen LogP contribution in [0.1, 0.15) is 5.56 Å². The van der Waals surface area contributed by atoms with E-state index >= 15 is 0 Å². The number of hydrogen-bond acceptors (Lipinski definition) is 3. The summed E-state index contributed by atoms with van der Waals surface area (Å²) in [5.41, 5.74) is 1.09. The molecule has 0 unspecified atom stereocenters. The minimum absolute atomic E-state index is 0.0226. The molecule has 0 aliphatic rings. The van der Waals surface area contributed by atoms with E-state index in [-0.39, 0.29) is 11.6 Å². The van der Waals surface area contributed by atoms with Gasteiger partial charge in [-0.2, -0.15) is 4.98 Å². The number of rotatable bonds is 4. The number of amides is 1. The van der Waals surface area contributed by atoms with Gasteiger partial charge in [-0.3, -0.25) is 10.1 Å². The van der Waals surface area contributed by atoms with Crippen molar-refractivity contribution >= 4 is 11.9 Å². The molecule has 23 heavy (non-hydrogen) atoms. The van der Waals surface area contributed by atoms with Crippen molar-refractivity contribution in [2.45, 2.75) is 6.42 Å². The highest BCUT2D eigenvalue weighted by Crippen LogP contribution is 2.20. The minimum Gasteiger partial charge on any atom is -0.431 e. The molecule has 0 saturated carbocycles. The fourth-order valence-electron chi connectivity index (χ4n) is 2.10. The Hall–Kier alpha value is -3.02. The van der Waals surface area contributed by atoms with Crippen LogP contribution in [-0.2, 0) is 11.2 Å². The van der Waals surface area contributed by atoms with Crippen molar-refractivity contribution in [2.24, 2.45) is 0 Å². The lowest BCUT2D eigenvalue weighted by Crippen LogP contribution is -2.16. The summed E-state index contributed by atoms with van der Waals surface area (Å²) in [6, 6.07) is 12.7. The number of carbonyl (C=O) groups is 1. The third-order valence-electron chi connectivity index (χ3n) is 3.22. The number of aromatic nitrogens is 1. The van der Waals surface area contributed by atoms with Crippen LogP contribution in [0.2, 0.25) is 0 Å². The van der Waals surface area contributed by atoms with Gasteiger partial charge in [0.05, 0.1) is 6.42 Å². The Balaban J connectivity index is 1.70. The average molecular weight is 314 g/mol. The lowest BCUT2D eigenvalue weighted by atomic mass is 10.1. The molecule has 1 amide bonds. The lowest BCUT2D eigenvalue weighted by Gasteiger charge is -2.04. The quantitative estimate of drug-likeness (QED) is 0.797. The highest BCUT2D eigenvalue weighted by Gasteiger charge is 2.15. The molecular weight excluding hydrogens is 302 g/mol. The second kappa shape index (κ2) is 6.39. The Morgan fingerprint density at radius 2 is 1.74 bits per heavy atom. The van der Waals surface area contributed by atoms with Gasteiger partial charge in [0.1, 0.15) is 23.6 Å². The van der Waals surface area contributed by atoms with Crippen LogP contribution in [0.4, 0.5) is 14.8 Å². The summed E-state index contributed by atoms with van der Waals surface area (Å²) >= 11 is 0. The summed E-state index contributed by atoms with van der Waals surface area (Å²) in [5.74, 6) is -2.15. The van der Waals surface area contributed by atoms with Gasteiger partial charge in [0.15, 0.2) is 0 Å². The van der Waals surface area contributed by atoms with Crippen LogP contribution < -0.4 is 5.32 Å². The Kier molecular flexibility index (Phi) is 4.14. The van der Waals surface area contributed by atoms with Crippen molar-refractivity contribution in [1.29, 1.82) is 0 Å². The summed E-state index contributed by atoms with van der Waals surface area (Å²) in [4.78, 5) is 16.0. The zero-order valence-corrected chi connectivity index (χ0v) is 11.9. The van der Waals surface area contributed by atoms with Gasteiger partial charge in [-0.1, -0.05) is 36.4 Å². The van der Waals surface area contributed by atoms with Gasteiger partial charge in [0.2, 0.25) is 5.91 Å². The molecule has 116 valence electrons. The fourth-order valence-corrected chi connectivity index (χ4v) is 2.10. The van der Waals surface area contributed by atoms with Gasteiger partial charge >= 0.3 is 6.01 Å². The molecule has 3 aromatic rings. The first-order valence-electron chi connectivity index (χ1n) is 6.87. The number of nitrogens with one attached hydrogen (secondary N) is 1. The van der Waals surface area contributed by atoms with Gasteiger partial charge in [-0.25, -0.2) is 8.78 Å². The average Bonchev–Trinajstić information content (AvgIpc) is 3.00. The Bertz CT molecular complexity index is 811. The number of anilines is 1. The molecule has 0 atom stereocenters. The molecular formula is C17H12F2N2O2. The predicted octanol–water partition coefficient (Wildman–Crippen LogP) is 3.80. The second-order valence-electron chi connectivity index (χ2n) is 4.83. The van der Waals surface area contributed by atoms with Crippen molar-refractivity contribution in [3.05, 3.63) is 72.0 Å². The van der Waals surface area contributed by atoms with Gasteiger partial charge in [0, 0.05) is 11.1 Å². The first-order valence-corrected chi connectivity index (χ1v) is 6.87. The van der Waals surface area contributed by atoms with Crippen LogP contribution in [0.5, 0.6) is 0 Å². The van der Waals surface area contributed by atoms with Crippen LogP contribution in [0.3, 0.4) is 0 Å². The van der Waals surface area contributed by atoms with Crippen molar-refractivity contribution in [3.8, 4) is 11.3 Å². The molecule has 0 radical (unpaired) electrons. The van der Waals surface area contributed by atoms with E-state index in [9.17, 15) is 13.6 Å². The van der Waals surface area contributed by atoms with Crippen LogP contribution in [0, 0.1) is 11.6 Å². The molecule has 0 bridgehead atoms. The molecule has 2 aromatic carbocycles. The van der Waals surface area contributed by atoms with E-state index in [0.29, 0.717) is 5.69 Å². The Morgan fingerprint density at radius 3 is 2.43 bits per heavy atom. The summed E-state index contributed by atoms with van der Waals surface area (Å²) in [5, 5.41) is 2.38. The highest BCUT2D eigenvalue weighted by atomic mass is 19.1. The molecule has 1 aromatic heterocycles. The predicted molar refractivity (Wildman–Crippen MR) is 80.6 cm³/mol. The van der Waals surface area contributed by atoms with E-state index in [4.69, 9.17) is 4.42 Å². The first kappa shape index (κ1) is 14.9. The maximum absolute atomic E-state index is 13.5. The molecule has 0 spiro atoms. The standard InChI is InChI=1S/C17H12F2N2O2/c18-13-7-4-8-14(19)12(13)9-16(22)21-17-20-15(10-23-17)11-5-2-1-3-6-11/h1-8,10H,9H2,(H,20,21,22). The van der Waals surface area contributed by atoms with Crippen LogP contribution in [0.25, 0.3) is 11.3 Å². The molecule has 0 aliphatic carbocycles. The molecule has 3 rings (SSSR count). The fraction of sp³-hybridized carbons (Fsp3) is 0.0588. The number of hydrogen-bond donors (Lipinski definition) is 1. The van der Waals surface area contributed by atoms with E-state index in [1.54, 1.807) is 0 Å². The third kappa shape index (κ3) is 3.42. The normalized spacial score (nSPS) is 10.5. The summed E-state index contributed by atoms with van der Waals surface area (Å²) in [6.07, 6.45) is 0.955. The smallest absolute Gasteiger partial charge is 0.301 e. The molecule has 0 saturated heterocycles. The van der Waals surface area contributed by atoms with Gasteiger partial charge in [-0.05, 0) is 12.1 Å². The molecule has 4 nitrogen and oxygen atoms in total. The van der Waals surface area contributed by atoms with Gasteiger partial charge < -0.3 is 4.42 Å². The number of nitrogens with zero attached hydrogens (tertiary/aromatic N) is 1. The number of benzene rings is 2. The molecule has 0 fully saturated rings. The molecule has 6 heteroatoms. The zero-order chi connectivity index (χ0) is 16.2. The topological polar surface area (TPSA) is 55.1 Å². The van der Waals surface area contributed by atoms with E-state index < -0.39 is 24.0 Å². The maximum atomic E-state index is 13.5. The van der Waals surface area contributed by atoms with E-state index in [1.165, 1.54) is 12.3 Å². The van der Waals surface area contributed by atoms with Crippen molar-refractivity contribution in [1.82, 2.24) is 4.98 Å². The summed E-state index contributed by atoms with van der Waals surface area (Å²) in [6.45, 7) is 0. The Labute approximate surface area is 130 Å². The monoisotopic (exact) mass is 314 g/mol. The zero-order valence-electron chi connectivity index (χ0n) is 11.9. The van der Waals surface area contributed by atoms with E-state index in [1.807, 2.05) is 30.3 Å². The Morgan fingerprint density at radius 1 is 1.04 bits per heavy atom. The maximum Gasteiger partial charge on any atom is 0.301 e. The summed E-state index contributed by atoms with van der Waals surface area (Å²) < 4.78 is 32.2. The number of carbonyl (C=O) groups excluding carboxylic acids is 1. The summed E-state index contributed by atoms with van der Waals surface area (Å²) in [7, 11) is 0. The molecule has 0 aliphatic heterocycles. The van der Waals surface area contributed by atoms with Gasteiger partial charge in [-0.15, -0.1) is 0 Å². The van der Waals surface area contributed by atoms with Crippen molar-refractivity contribution in [2.75, 3.05) is 5.32 Å². The number of oxazole rings is 1. The minimum atomic E-state index is -0.766. The van der Waals surface area contributed by atoms with Crippen LogP contribution in [0.15, 0.2) is 59.2 Å². The highest BCUT2D eigenvalue weighted by molar-refractivity contribution is 5.90. The second-order valence-corrected chi connectivity index (χ2v) is 4.83. The largest absolute Gasteiger partial charge is 0.431 e. The van der Waals surface area contributed by atoms with Gasteiger partial charge in [0.25, 0.3) is 0 Å². The van der Waals surface area contributed by atoms with E-state index in [2.05, 4.69) is 10.3 Å². The number of halogens is 2. The first-order chi connectivity index (χ1) is 11.1. The van der Waals surface area contributed by atoms with Crippen molar-refractivity contribution in [3.63, 3.8) is 0 Å². The van der Waals surface area contributed by atoms with Crippen LogP contribution in [-0.4, -0.2) is 10.9 Å². The van der Waals surface area contributed by atoms with Crippen molar-refractivity contribution < 1.29 is 18.0 Å². The molecule has 1 N–H and O–H groups in total. The SMILES string of the molecule is O=C(Cc1c(F)cccc1F)Nc1nc(-c2ccccc2)co1. The van der Waals surface area contributed by atoms with Crippen LogP contribution >= 0.6 is 0 Å². The molecule has 1 heterocycles. The lowest BCUT2D eigenvalue weighted by molar-refractivity contribution is -0.115. The van der Waals surface area contributed by atoms with E-state index in [0.717, 1.165) is 17.7 Å².